The van der Waals surface area contributed by atoms with E-state index in [-0.39, 0.29) is 52.7 Å². The molecule has 0 aliphatic rings. The van der Waals surface area contributed by atoms with Gasteiger partial charge in [0.25, 0.3) is 0 Å². The summed E-state index contributed by atoms with van der Waals surface area (Å²) < 4.78 is 0. The summed E-state index contributed by atoms with van der Waals surface area (Å²) >= 11 is 0. The Hall–Kier alpha value is -1.57. The second-order valence-electron chi connectivity index (χ2n) is 2.99. The van der Waals surface area contributed by atoms with Crippen molar-refractivity contribution in [2.24, 2.45) is 0 Å². The van der Waals surface area contributed by atoms with Crippen LogP contribution in [0.2, 0.25) is 0 Å². The number of rotatable bonds is 1. The first-order valence-electron chi connectivity index (χ1n) is 4.14. The van der Waals surface area contributed by atoms with Crippen LogP contribution in [0.3, 0.4) is 0 Å². The van der Waals surface area contributed by atoms with Crippen molar-refractivity contribution < 1.29 is 56.4 Å². The van der Waals surface area contributed by atoms with Gasteiger partial charge in [-0.25, -0.2) is 4.79 Å². The maximum Gasteiger partial charge on any atom is 0.339 e. The molecule has 10 N–H and O–H groups in total. The fraction of sp³-hybridized carbons (Fsp3) is 0. The van der Waals surface area contributed by atoms with Crippen molar-refractivity contribution in [2.45, 2.75) is 0 Å². The van der Waals surface area contributed by atoms with Crippen molar-refractivity contribution >= 4 is 16.7 Å². The van der Waals surface area contributed by atoms with Crippen LogP contribution in [0, 0.1) is 0 Å². The summed E-state index contributed by atoms with van der Waals surface area (Å²) in [6.07, 6.45) is 0. The molecule has 0 atom stereocenters. The molecule has 0 aliphatic heterocycles. The van der Waals surface area contributed by atoms with E-state index in [1.807, 2.05) is 12.1 Å². The summed E-state index contributed by atoms with van der Waals surface area (Å²) in [5.74, 6) is -1.29. The Morgan fingerprint density at radius 1 is 0.895 bits per heavy atom. The van der Waals surface area contributed by atoms with Gasteiger partial charge in [0.2, 0.25) is 0 Å². The molecule has 0 aromatic heterocycles. The van der Waals surface area contributed by atoms with Gasteiger partial charge in [-0.15, -0.1) is 0 Å². The van der Waals surface area contributed by atoms with Crippen LogP contribution in [0.4, 0.5) is 0 Å². The summed E-state index contributed by atoms with van der Waals surface area (Å²) in [4.78, 5) is 10.7. The van der Waals surface area contributed by atoms with E-state index in [9.17, 15) is 9.90 Å². The van der Waals surface area contributed by atoms with E-state index in [0.29, 0.717) is 5.39 Å². The minimum Gasteiger partial charge on any atom is -0.506 e. The molecule has 0 unspecified atom stereocenters. The van der Waals surface area contributed by atoms with Crippen LogP contribution in [-0.2, 0) is 19.5 Å². The maximum atomic E-state index is 10.7. The zero-order valence-electron chi connectivity index (χ0n) is 9.97. The van der Waals surface area contributed by atoms with E-state index in [1.54, 1.807) is 18.2 Å². The van der Waals surface area contributed by atoms with Gasteiger partial charge in [0, 0.05) is 24.9 Å². The van der Waals surface area contributed by atoms with Crippen LogP contribution < -0.4 is 0 Å². The first kappa shape index (κ1) is 26.1. The van der Waals surface area contributed by atoms with Gasteiger partial charge in [0.1, 0.15) is 11.3 Å². The average Bonchev–Trinajstić information content (AvgIpc) is 2.18. The number of benzene rings is 2. The minimum absolute atomic E-state index is 0. The molecular formula is C11H16O7Zn. The number of aromatic hydroxyl groups is 1. The second-order valence-corrected chi connectivity index (χ2v) is 2.99. The molecule has 0 amide bonds. The van der Waals surface area contributed by atoms with Gasteiger partial charge >= 0.3 is 5.97 Å². The molecular weight excluding hydrogens is 310 g/mol. The first-order valence-corrected chi connectivity index (χ1v) is 4.14. The molecule has 2 rings (SSSR count). The van der Waals surface area contributed by atoms with Crippen LogP contribution in [0.1, 0.15) is 10.4 Å². The number of hydrogen-bond donors (Lipinski definition) is 2. The SMILES string of the molecule is O.O.O.O.O=C(O)c1ccc2ccccc2c1O.[Zn]. The first-order chi connectivity index (χ1) is 6.70. The molecule has 0 saturated carbocycles. The molecule has 0 bridgehead atoms. The third-order valence-corrected chi connectivity index (χ3v) is 2.13. The zero-order valence-corrected chi connectivity index (χ0v) is 12.9. The molecule has 2 aromatic carbocycles. The van der Waals surface area contributed by atoms with Crippen molar-refractivity contribution in [1.82, 2.24) is 0 Å². The van der Waals surface area contributed by atoms with Gasteiger partial charge in [0.05, 0.1) is 0 Å². The average molecular weight is 326 g/mol. The third kappa shape index (κ3) is 4.90. The number of fused-ring (bicyclic) bond motifs is 1. The predicted molar refractivity (Wildman–Crippen MR) is 67.0 cm³/mol. The smallest absolute Gasteiger partial charge is 0.339 e. The molecule has 0 spiro atoms. The largest absolute Gasteiger partial charge is 0.506 e. The van der Waals surface area contributed by atoms with Crippen LogP contribution in [0.5, 0.6) is 5.75 Å². The molecule has 0 aliphatic carbocycles. The number of carboxylic acid groups (broad SMARTS) is 1. The maximum absolute atomic E-state index is 10.7. The zero-order chi connectivity index (χ0) is 10.1. The second kappa shape index (κ2) is 10.4. The summed E-state index contributed by atoms with van der Waals surface area (Å²) in [5, 5.41) is 19.8. The van der Waals surface area contributed by atoms with E-state index < -0.39 is 5.97 Å². The van der Waals surface area contributed by atoms with Crippen molar-refractivity contribution in [2.75, 3.05) is 0 Å². The number of hydrogen-bond acceptors (Lipinski definition) is 2. The normalized spacial score (nSPS) is 7.58. The molecule has 0 fully saturated rings. The van der Waals surface area contributed by atoms with Crippen molar-refractivity contribution in [3.8, 4) is 5.75 Å². The molecule has 2 aromatic rings. The number of phenols is 1. The van der Waals surface area contributed by atoms with Gasteiger partial charge in [-0.3, -0.25) is 0 Å². The molecule has 0 heterocycles. The summed E-state index contributed by atoms with van der Waals surface area (Å²) in [5.41, 5.74) is -0.0660. The van der Waals surface area contributed by atoms with Crippen LogP contribution in [0.15, 0.2) is 36.4 Å². The van der Waals surface area contributed by atoms with Gasteiger partial charge in [-0.2, -0.15) is 0 Å². The molecule has 0 radical (unpaired) electrons. The van der Waals surface area contributed by atoms with Crippen LogP contribution >= 0.6 is 0 Å². The number of aromatic carboxylic acids is 1. The summed E-state index contributed by atoms with van der Waals surface area (Å²) in [7, 11) is 0. The Balaban J connectivity index is -0.000000225. The summed E-state index contributed by atoms with van der Waals surface area (Å²) in [6, 6.07) is 10.2. The van der Waals surface area contributed by atoms with E-state index in [4.69, 9.17) is 5.11 Å². The fourth-order valence-corrected chi connectivity index (χ4v) is 1.43. The quantitative estimate of drug-likeness (QED) is 0.634. The molecule has 0 saturated heterocycles. The van der Waals surface area contributed by atoms with E-state index in [2.05, 4.69) is 0 Å². The van der Waals surface area contributed by atoms with Crippen LogP contribution in [0.25, 0.3) is 10.8 Å². The topological polar surface area (TPSA) is 184 Å². The van der Waals surface area contributed by atoms with Gasteiger partial charge in [-0.05, 0) is 11.5 Å². The van der Waals surface area contributed by atoms with E-state index in [1.165, 1.54) is 6.07 Å². The minimum atomic E-state index is -1.12. The van der Waals surface area contributed by atoms with E-state index in [0.717, 1.165) is 5.39 Å². The predicted octanol–water partition coefficient (Wildman–Crippen LogP) is -1.06. The Morgan fingerprint density at radius 3 is 1.95 bits per heavy atom. The number of carboxylic acids is 1. The molecule has 8 heteroatoms. The van der Waals surface area contributed by atoms with E-state index >= 15 is 0 Å². The number of carbonyl (C=O) groups is 1. The molecule has 19 heavy (non-hydrogen) atoms. The Morgan fingerprint density at radius 2 is 1.42 bits per heavy atom. The van der Waals surface area contributed by atoms with Gasteiger partial charge < -0.3 is 32.1 Å². The Bertz CT molecular complexity index is 515. The Labute approximate surface area is 121 Å². The van der Waals surface area contributed by atoms with Gasteiger partial charge in [0.15, 0.2) is 0 Å². The summed E-state index contributed by atoms with van der Waals surface area (Å²) in [6.45, 7) is 0. The van der Waals surface area contributed by atoms with Crippen molar-refractivity contribution in [1.29, 1.82) is 0 Å². The molecule has 104 valence electrons. The monoisotopic (exact) mass is 324 g/mol. The standard InChI is InChI=1S/C11H8O3.4H2O.Zn/c12-10-8-4-2-1-3-7(8)5-6-9(10)11(13)14;;;;;/h1-6,12H,(H,13,14);4*1H2;. The fourth-order valence-electron chi connectivity index (χ4n) is 1.43. The van der Waals surface area contributed by atoms with Crippen molar-refractivity contribution in [3.63, 3.8) is 0 Å². The van der Waals surface area contributed by atoms with Crippen LogP contribution in [-0.4, -0.2) is 38.1 Å². The van der Waals surface area contributed by atoms with Gasteiger partial charge in [-0.1, -0.05) is 30.3 Å². The molecule has 7 nitrogen and oxygen atoms in total. The third-order valence-electron chi connectivity index (χ3n) is 2.13. The Kier molecular flexibility index (Phi) is 14.2. The van der Waals surface area contributed by atoms with Crippen molar-refractivity contribution in [3.05, 3.63) is 42.0 Å².